The Labute approximate surface area is 260 Å². The first-order valence-electron chi connectivity index (χ1n) is 14.4. The van der Waals surface area contributed by atoms with Gasteiger partial charge >= 0.3 is 11.9 Å². The van der Waals surface area contributed by atoms with Gasteiger partial charge in [-0.05, 0) is 62.8 Å². The van der Waals surface area contributed by atoms with Crippen LogP contribution in [0.2, 0.25) is 0 Å². The molecule has 236 valence electrons. The van der Waals surface area contributed by atoms with Crippen molar-refractivity contribution in [3.05, 3.63) is 69.2 Å². The van der Waals surface area contributed by atoms with E-state index in [1.54, 1.807) is 37.4 Å². The summed E-state index contributed by atoms with van der Waals surface area (Å²) < 4.78 is 15.8. The van der Waals surface area contributed by atoms with Crippen LogP contribution in [0.4, 0.5) is 5.95 Å². The topological polar surface area (TPSA) is 158 Å². The molecule has 1 atom stereocenters. The van der Waals surface area contributed by atoms with Crippen LogP contribution in [0.15, 0.2) is 41.8 Å². The van der Waals surface area contributed by atoms with Crippen LogP contribution in [0.25, 0.3) is 0 Å². The maximum atomic E-state index is 13.3. The van der Waals surface area contributed by atoms with Crippen LogP contribution in [-0.4, -0.2) is 72.7 Å². The van der Waals surface area contributed by atoms with Gasteiger partial charge in [0.25, 0.3) is 11.8 Å². The number of carbonyl (C=O) groups is 4. The highest BCUT2D eigenvalue weighted by molar-refractivity contribution is 7.12. The molecule has 2 heterocycles. The van der Waals surface area contributed by atoms with Crippen LogP contribution in [0.1, 0.15) is 63.7 Å². The van der Waals surface area contributed by atoms with E-state index in [4.69, 9.17) is 14.2 Å². The molecule has 2 aromatic heterocycles. The molecule has 44 heavy (non-hydrogen) atoms. The van der Waals surface area contributed by atoms with Crippen molar-refractivity contribution in [1.29, 1.82) is 0 Å². The number of nitrogens with one attached hydrogen (secondary N) is 3. The number of amides is 2. The minimum atomic E-state index is -1.13. The van der Waals surface area contributed by atoms with E-state index < -0.39 is 17.9 Å². The van der Waals surface area contributed by atoms with Crippen molar-refractivity contribution in [2.75, 3.05) is 38.2 Å². The Kier molecular flexibility index (Phi) is 13.7. The summed E-state index contributed by atoms with van der Waals surface area (Å²) in [4.78, 5) is 59.3. The number of benzene rings is 1. The smallest absolute Gasteiger partial charge is 0.330 e. The van der Waals surface area contributed by atoms with Crippen LogP contribution >= 0.6 is 11.3 Å². The molecule has 0 fully saturated rings. The fourth-order valence-electron chi connectivity index (χ4n) is 4.24. The summed E-state index contributed by atoms with van der Waals surface area (Å²) in [5.74, 6) is -1.07. The molecule has 0 aliphatic carbocycles. The highest BCUT2D eigenvalue weighted by atomic mass is 32.1. The van der Waals surface area contributed by atoms with Crippen LogP contribution in [0, 0.1) is 13.8 Å². The number of ether oxygens (including phenoxy) is 3. The standard InChI is InChI=1S/C31H39N5O7S/c1-5-41-15-9-16-42-30(40)25(19-33-28(38)26-13-8-17-44-26)36-29(39)27-20(2)34-31(35-21(27)3)32-14-7-11-23-10-6-12-24(18-23)43-22(4)37/h6,8,10,12-13,17-18,25H,5,7,9,11,14-16,19H2,1-4H3,(H,33,38)(H,36,39)(H,32,34,35). The second-order valence-electron chi connectivity index (χ2n) is 9.80. The van der Waals surface area contributed by atoms with E-state index in [1.807, 2.05) is 25.1 Å². The number of aryl methyl sites for hydroxylation is 3. The molecule has 2 amide bonds. The fourth-order valence-corrected chi connectivity index (χ4v) is 4.88. The molecule has 0 aliphatic heterocycles. The molecule has 0 radical (unpaired) electrons. The van der Waals surface area contributed by atoms with Gasteiger partial charge < -0.3 is 30.2 Å². The summed E-state index contributed by atoms with van der Waals surface area (Å²) in [6.45, 7) is 8.15. The number of thiophene rings is 1. The van der Waals surface area contributed by atoms with E-state index in [2.05, 4.69) is 25.9 Å². The zero-order chi connectivity index (χ0) is 31.9. The number of carbonyl (C=O) groups excluding carboxylic acids is 4. The van der Waals surface area contributed by atoms with Gasteiger partial charge in [0.15, 0.2) is 0 Å². The summed E-state index contributed by atoms with van der Waals surface area (Å²) in [6.07, 6.45) is 2.01. The SMILES string of the molecule is CCOCCCOC(=O)C(CNC(=O)c1cccs1)NC(=O)c1c(C)nc(NCCCc2cccc(OC(C)=O)c2)nc1C. The largest absolute Gasteiger partial charge is 0.464 e. The van der Waals surface area contributed by atoms with Gasteiger partial charge in [0.05, 0.1) is 28.4 Å². The number of aromatic nitrogens is 2. The van der Waals surface area contributed by atoms with Gasteiger partial charge in [0, 0.05) is 39.6 Å². The fraction of sp³-hybridized carbons (Fsp3) is 0.419. The summed E-state index contributed by atoms with van der Waals surface area (Å²) in [5.41, 5.74) is 2.12. The van der Waals surface area contributed by atoms with Gasteiger partial charge in [-0.15, -0.1) is 11.3 Å². The van der Waals surface area contributed by atoms with Gasteiger partial charge in [-0.3, -0.25) is 14.4 Å². The Bertz CT molecular complexity index is 1390. The monoisotopic (exact) mass is 625 g/mol. The zero-order valence-corrected chi connectivity index (χ0v) is 26.3. The lowest BCUT2D eigenvalue weighted by Crippen LogP contribution is -2.49. The van der Waals surface area contributed by atoms with Crippen molar-refractivity contribution in [3.63, 3.8) is 0 Å². The second-order valence-corrected chi connectivity index (χ2v) is 10.7. The molecular weight excluding hydrogens is 586 g/mol. The maximum Gasteiger partial charge on any atom is 0.330 e. The first-order chi connectivity index (χ1) is 21.2. The molecule has 0 bridgehead atoms. The number of anilines is 1. The van der Waals surface area contributed by atoms with Crippen LogP contribution < -0.4 is 20.7 Å². The van der Waals surface area contributed by atoms with Crippen molar-refractivity contribution in [2.24, 2.45) is 0 Å². The van der Waals surface area contributed by atoms with Gasteiger partial charge in [-0.1, -0.05) is 18.2 Å². The van der Waals surface area contributed by atoms with Gasteiger partial charge in [-0.25, -0.2) is 14.8 Å². The molecular formula is C31H39N5O7S. The van der Waals surface area contributed by atoms with E-state index in [-0.39, 0.29) is 30.6 Å². The summed E-state index contributed by atoms with van der Waals surface area (Å²) in [7, 11) is 0. The lowest BCUT2D eigenvalue weighted by molar-refractivity contribution is -0.146. The van der Waals surface area contributed by atoms with E-state index in [9.17, 15) is 19.2 Å². The molecule has 0 aliphatic rings. The molecule has 1 unspecified atom stereocenters. The average Bonchev–Trinajstić information content (AvgIpc) is 3.52. The summed E-state index contributed by atoms with van der Waals surface area (Å²) >= 11 is 1.27. The van der Waals surface area contributed by atoms with E-state index in [0.717, 1.165) is 18.4 Å². The Morgan fingerprint density at radius 3 is 2.43 bits per heavy atom. The first kappa shape index (κ1) is 34.1. The Morgan fingerprint density at radius 1 is 0.977 bits per heavy atom. The molecule has 0 saturated carbocycles. The molecule has 3 aromatic rings. The number of hydrogen-bond donors (Lipinski definition) is 3. The van der Waals surface area contributed by atoms with Gasteiger partial charge in [-0.2, -0.15) is 0 Å². The normalized spacial score (nSPS) is 11.4. The number of hydrogen-bond acceptors (Lipinski definition) is 11. The Balaban J connectivity index is 1.60. The average molecular weight is 626 g/mol. The molecule has 0 spiro atoms. The number of esters is 2. The van der Waals surface area contributed by atoms with Crippen molar-refractivity contribution in [2.45, 2.75) is 53.0 Å². The van der Waals surface area contributed by atoms with E-state index >= 15 is 0 Å². The minimum Gasteiger partial charge on any atom is -0.464 e. The Morgan fingerprint density at radius 2 is 1.75 bits per heavy atom. The molecule has 13 heteroatoms. The van der Waals surface area contributed by atoms with Crippen LogP contribution in [0.3, 0.4) is 0 Å². The van der Waals surface area contributed by atoms with Gasteiger partial charge in [0.1, 0.15) is 11.8 Å². The third kappa shape index (κ3) is 11.0. The molecule has 3 rings (SSSR count). The van der Waals surface area contributed by atoms with Crippen LogP contribution in [0.5, 0.6) is 5.75 Å². The minimum absolute atomic E-state index is 0.114. The first-order valence-corrected chi connectivity index (χ1v) is 15.3. The predicted molar refractivity (Wildman–Crippen MR) is 166 cm³/mol. The van der Waals surface area contributed by atoms with Crippen LogP contribution in [-0.2, 0) is 25.5 Å². The highest BCUT2D eigenvalue weighted by Gasteiger charge is 2.26. The maximum absolute atomic E-state index is 13.3. The number of nitrogens with zero attached hydrogens (tertiary/aromatic N) is 2. The molecule has 1 aromatic carbocycles. The number of rotatable bonds is 17. The third-order valence-electron chi connectivity index (χ3n) is 6.27. The molecule has 3 N–H and O–H groups in total. The molecule has 0 saturated heterocycles. The van der Waals surface area contributed by atoms with Crippen molar-refractivity contribution in [3.8, 4) is 5.75 Å². The van der Waals surface area contributed by atoms with Crippen molar-refractivity contribution in [1.82, 2.24) is 20.6 Å². The quantitative estimate of drug-likeness (QED) is 0.115. The van der Waals surface area contributed by atoms with E-state index in [0.29, 0.717) is 54.1 Å². The second kappa shape index (κ2) is 17.7. The summed E-state index contributed by atoms with van der Waals surface area (Å²) in [5, 5.41) is 10.3. The van der Waals surface area contributed by atoms with Crippen molar-refractivity contribution < 1.29 is 33.4 Å². The zero-order valence-electron chi connectivity index (χ0n) is 25.4. The summed E-state index contributed by atoms with van der Waals surface area (Å²) in [6, 6.07) is 9.65. The molecule has 12 nitrogen and oxygen atoms in total. The van der Waals surface area contributed by atoms with E-state index in [1.165, 1.54) is 18.3 Å². The Hall–Kier alpha value is -4.36. The third-order valence-corrected chi connectivity index (χ3v) is 7.13. The lowest BCUT2D eigenvalue weighted by atomic mass is 10.1. The van der Waals surface area contributed by atoms with Gasteiger partial charge in [0.2, 0.25) is 5.95 Å². The highest BCUT2D eigenvalue weighted by Crippen LogP contribution is 2.16. The predicted octanol–water partition coefficient (Wildman–Crippen LogP) is 3.62. The van der Waals surface area contributed by atoms with Crippen molar-refractivity contribution >= 4 is 41.0 Å². The lowest BCUT2D eigenvalue weighted by Gasteiger charge is -2.19.